The van der Waals surface area contributed by atoms with E-state index in [1.54, 1.807) is 0 Å². The molecule has 0 spiro atoms. The van der Waals surface area contributed by atoms with Gasteiger partial charge in [-0.15, -0.1) is 0 Å². The SMILES string of the molecule is CC(=O)CC1N[C@@H]([C@H](O)CO)[C@H](O)[C@H]1O. The van der Waals surface area contributed by atoms with Crippen LogP contribution in [0.25, 0.3) is 0 Å². The summed E-state index contributed by atoms with van der Waals surface area (Å²) in [6.45, 7) is 0.880. The van der Waals surface area contributed by atoms with Gasteiger partial charge in [0.15, 0.2) is 0 Å². The molecule has 1 saturated heterocycles. The van der Waals surface area contributed by atoms with Crippen molar-refractivity contribution in [3.05, 3.63) is 0 Å². The molecule has 88 valence electrons. The molecule has 1 aliphatic heterocycles. The van der Waals surface area contributed by atoms with Gasteiger partial charge >= 0.3 is 0 Å². The molecular weight excluding hydrogens is 202 g/mol. The third-order valence-electron chi connectivity index (χ3n) is 2.65. The van der Waals surface area contributed by atoms with Gasteiger partial charge in [-0.2, -0.15) is 0 Å². The average molecular weight is 219 g/mol. The van der Waals surface area contributed by atoms with Gasteiger partial charge in [0, 0.05) is 12.5 Å². The molecule has 0 saturated carbocycles. The molecule has 0 aromatic carbocycles. The molecule has 1 heterocycles. The van der Waals surface area contributed by atoms with Crippen LogP contribution in [0.2, 0.25) is 0 Å². The Morgan fingerprint density at radius 3 is 2.47 bits per heavy atom. The van der Waals surface area contributed by atoms with Crippen molar-refractivity contribution in [3.63, 3.8) is 0 Å². The van der Waals surface area contributed by atoms with E-state index in [-0.39, 0.29) is 12.2 Å². The summed E-state index contributed by atoms with van der Waals surface area (Å²) in [6, 6.07) is -1.36. The molecule has 6 heteroatoms. The maximum Gasteiger partial charge on any atom is 0.131 e. The maximum absolute atomic E-state index is 10.9. The summed E-state index contributed by atoms with van der Waals surface area (Å²) in [5.41, 5.74) is 0. The summed E-state index contributed by atoms with van der Waals surface area (Å²) in [6.07, 6.45) is -3.32. The maximum atomic E-state index is 10.9. The van der Waals surface area contributed by atoms with Crippen LogP contribution in [-0.2, 0) is 4.79 Å². The third-order valence-corrected chi connectivity index (χ3v) is 2.65. The fraction of sp³-hybridized carbons (Fsp3) is 0.889. The van der Waals surface area contributed by atoms with E-state index in [1.807, 2.05) is 0 Å². The highest BCUT2D eigenvalue weighted by molar-refractivity contribution is 5.76. The van der Waals surface area contributed by atoms with E-state index in [2.05, 4.69) is 5.32 Å². The third kappa shape index (κ3) is 2.73. The minimum Gasteiger partial charge on any atom is -0.394 e. The minimum atomic E-state index is -1.17. The van der Waals surface area contributed by atoms with Crippen LogP contribution in [0.5, 0.6) is 0 Å². The minimum absolute atomic E-state index is 0.0902. The molecule has 1 unspecified atom stereocenters. The Labute approximate surface area is 87.5 Å². The van der Waals surface area contributed by atoms with E-state index >= 15 is 0 Å². The van der Waals surface area contributed by atoms with Crippen molar-refractivity contribution in [1.82, 2.24) is 5.32 Å². The van der Waals surface area contributed by atoms with Crippen LogP contribution in [0.15, 0.2) is 0 Å². The number of carbonyl (C=O) groups excluding carboxylic acids is 1. The lowest BCUT2D eigenvalue weighted by molar-refractivity contribution is -0.118. The van der Waals surface area contributed by atoms with E-state index in [4.69, 9.17) is 5.11 Å². The van der Waals surface area contributed by atoms with Gasteiger partial charge in [0.05, 0.1) is 31.0 Å². The highest BCUT2D eigenvalue weighted by Crippen LogP contribution is 2.19. The van der Waals surface area contributed by atoms with Crippen LogP contribution < -0.4 is 5.32 Å². The van der Waals surface area contributed by atoms with Crippen molar-refractivity contribution in [3.8, 4) is 0 Å². The molecule has 0 radical (unpaired) electrons. The monoisotopic (exact) mass is 219 g/mol. The Kier molecular flexibility index (Phi) is 4.18. The molecule has 5 atom stereocenters. The summed E-state index contributed by atoms with van der Waals surface area (Å²) < 4.78 is 0. The molecule has 0 aromatic rings. The van der Waals surface area contributed by atoms with E-state index in [9.17, 15) is 20.1 Å². The number of aliphatic hydroxyl groups excluding tert-OH is 4. The van der Waals surface area contributed by atoms with Crippen molar-refractivity contribution >= 4 is 5.78 Å². The number of ketones is 1. The zero-order valence-corrected chi connectivity index (χ0v) is 8.50. The van der Waals surface area contributed by atoms with E-state index in [1.165, 1.54) is 6.92 Å². The Balaban J connectivity index is 2.62. The van der Waals surface area contributed by atoms with Crippen LogP contribution in [0.3, 0.4) is 0 Å². The van der Waals surface area contributed by atoms with Crippen LogP contribution in [-0.4, -0.2) is 63.2 Å². The molecule has 6 nitrogen and oxygen atoms in total. The lowest BCUT2D eigenvalue weighted by atomic mass is 10.0. The number of nitrogens with one attached hydrogen (secondary N) is 1. The van der Waals surface area contributed by atoms with Gasteiger partial charge in [0.2, 0.25) is 0 Å². The number of hydrogen-bond acceptors (Lipinski definition) is 6. The number of hydrogen-bond donors (Lipinski definition) is 5. The summed E-state index contributed by atoms with van der Waals surface area (Å²) in [5, 5.41) is 39.9. The molecule has 1 aliphatic rings. The van der Waals surface area contributed by atoms with Crippen molar-refractivity contribution in [1.29, 1.82) is 0 Å². The summed E-state index contributed by atoms with van der Waals surface area (Å²) in [5.74, 6) is -0.113. The zero-order valence-electron chi connectivity index (χ0n) is 8.50. The smallest absolute Gasteiger partial charge is 0.131 e. The molecule has 0 amide bonds. The van der Waals surface area contributed by atoms with E-state index < -0.39 is 37.0 Å². The summed E-state index contributed by atoms with van der Waals surface area (Å²) in [4.78, 5) is 10.9. The van der Waals surface area contributed by atoms with Gasteiger partial charge in [-0.05, 0) is 6.92 Å². The predicted molar refractivity (Wildman–Crippen MR) is 51.1 cm³/mol. The first-order valence-electron chi connectivity index (χ1n) is 4.88. The Morgan fingerprint density at radius 1 is 1.40 bits per heavy atom. The van der Waals surface area contributed by atoms with E-state index in [0.29, 0.717) is 0 Å². The predicted octanol–water partition coefficient (Wildman–Crippen LogP) is -2.62. The van der Waals surface area contributed by atoms with Crippen LogP contribution in [0.4, 0.5) is 0 Å². The van der Waals surface area contributed by atoms with Gasteiger partial charge in [0.25, 0.3) is 0 Å². The Morgan fingerprint density at radius 2 is 2.00 bits per heavy atom. The van der Waals surface area contributed by atoms with Crippen molar-refractivity contribution < 1.29 is 25.2 Å². The van der Waals surface area contributed by atoms with E-state index in [0.717, 1.165) is 0 Å². The topological polar surface area (TPSA) is 110 Å². The summed E-state index contributed by atoms with van der Waals surface area (Å²) in [7, 11) is 0. The molecular formula is C9H17NO5. The first-order valence-corrected chi connectivity index (χ1v) is 4.88. The normalized spacial score (nSPS) is 37.9. The fourth-order valence-corrected chi connectivity index (χ4v) is 1.84. The standard InChI is InChI=1S/C9H17NO5/c1-4(12)2-5-8(14)9(15)7(10-5)6(13)3-11/h5-11,13-15H,2-3H2,1H3/t5?,6-,7+,8+,9+/m1/s1. The lowest BCUT2D eigenvalue weighted by Gasteiger charge is -2.19. The second kappa shape index (κ2) is 5.00. The highest BCUT2D eigenvalue weighted by Gasteiger charge is 2.44. The number of carbonyl (C=O) groups is 1. The average Bonchev–Trinajstić information content (AvgIpc) is 2.44. The first-order chi connectivity index (χ1) is 6.97. The first kappa shape index (κ1) is 12.5. The fourth-order valence-electron chi connectivity index (χ4n) is 1.84. The molecule has 15 heavy (non-hydrogen) atoms. The molecule has 0 aliphatic carbocycles. The lowest BCUT2D eigenvalue weighted by Crippen LogP contribution is -2.45. The Hall–Kier alpha value is -0.530. The largest absolute Gasteiger partial charge is 0.394 e. The van der Waals surface area contributed by atoms with Crippen molar-refractivity contribution in [2.45, 2.75) is 43.7 Å². The van der Waals surface area contributed by atoms with Gasteiger partial charge < -0.3 is 25.7 Å². The number of rotatable bonds is 4. The number of Topliss-reactive ketones (excluding diaryl/α,β-unsaturated/α-hetero) is 1. The van der Waals surface area contributed by atoms with Crippen molar-refractivity contribution in [2.24, 2.45) is 0 Å². The zero-order chi connectivity index (χ0) is 11.6. The quantitative estimate of drug-likeness (QED) is 0.354. The molecule has 0 aromatic heterocycles. The molecule has 0 bridgehead atoms. The summed E-state index contributed by atoms with van der Waals surface area (Å²) >= 11 is 0. The van der Waals surface area contributed by atoms with Crippen LogP contribution in [0, 0.1) is 0 Å². The highest BCUT2D eigenvalue weighted by atomic mass is 16.3. The van der Waals surface area contributed by atoms with Crippen molar-refractivity contribution in [2.75, 3.05) is 6.61 Å². The van der Waals surface area contributed by atoms with Crippen LogP contribution >= 0.6 is 0 Å². The van der Waals surface area contributed by atoms with Gasteiger partial charge in [-0.1, -0.05) is 0 Å². The van der Waals surface area contributed by atoms with Crippen LogP contribution in [0.1, 0.15) is 13.3 Å². The molecule has 5 N–H and O–H groups in total. The Bertz CT molecular complexity index is 235. The number of aliphatic hydroxyl groups is 4. The van der Waals surface area contributed by atoms with Gasteiger partial charge in [-0.25, -0.2) is 0 Å². The van der Waals surface area contributed by atoms with Gasteiger partial charge in [-0.3, -0.25) is 4.79 Å². The molecule has 1 fully saturated rings. The van der Waals surface area contributed by atoms with Gasteiger partial charge in [0.1, 0.15) is 5.78 Å². The molecule has 1 rings (SSSR count). The second-order valence-corrected chi connectivity index (χ2v) is 3.94. The second-order valence-electron chi connectivity index (χ2n) is 3.94.